The molecule has 184 valence electrons. The second-order valence-corrected chi connectivity index (χ2v) is 11.2. The number of rotatable bonds is 5. The van der Waals surface area contributed by atoms with E-state index in [0.29, 0.717) is 37.1 Å². The van der Waals surface area contributed by atoms with E-state index >= 15 is 0 Å². The number of ether oxygens (including phenoxy) is 3. The first-order valence-electron chi connectivity index (χ1n) is 11.1. The molecular formula is C23H30F3NO5S. The largest absolute Gasteiger partial charge is 0.591 e. The predicted molar refractivity (Wildman–Crippen MR) is 119 cm³/mol. The van der Waals surface area contributed by atoms with Crippen LogP contribution >= 0.6 is 0 Å². The van der Waals surface area contributed by atoms with Crippen LogP contribution in [0.1, 0.15) is 65.4 Å². The molecule has 2 aliphatic rings. The number of carbonyl (C=O) groups is 1. The highest BCUT2D eigenvalue weighted by atomic mass is 32.2. The molecule has 6 nitrogen and oxygen atoms in total. The van der Waals surface area contributed by atoms with Crippen molar-refractivity contribution in [2.45, 2.75) is 77.0 Å². The summed E-state index contributed by atoms with van der Waals surface area (Å²) in [7, 11) is 0. The van der Waals surface area contributed by atoms with Gasteiger partial charge in [-0.2, -0.15) is 0 Å². The van der Waals surface area contributed by atoms with Crippen LogP contribution in [-0.4, -0.2) is 40.1 Å². The van der Waals surface area contributed by atoms with E-state index in [-0.39, 0.29) is 35.4 Å². The molecule has 0 N–H and O–H groups in total. The molecule has 1 aromatic rings. The molecule has 0 saturated heterocycles. The fourth-order valence-corrected chi connectivity index (χ4v) is 4.76. The fourth-order valence-electron chi connectivity index (χ4n) is 4.11. The number of hydrogen-bond donors (Lipinski definition) is 0. The van der Waals surface area contributed by atoms with E-state index in [1.807, 2.05) is 20.8 Å². The average Bonchev–Trinajstić information content (AvgIpc) is 2.71. The van der Waals surface area contributed by atoms with Crippen LogP contribution in [0.3, 0.4) is 0 Å². The molecule has 1 aromatic carbocycles. The van der Waals surface area contributed by atoms with Crippen LogP contribution in [0, 0.1) is 11.8 Å². The van der Waals surface area contributed by atoms with E-state index in [4.69, 9.17) is 9.47 Å². The first-order chi connectivity index (χ1) is 15.4. The Labute approximate surface area is 195 Å². The summed E-state index contributed by atoms with van der Waals surface area (Å²) in [6.07, 6.45) is -2.02. The van der Waals surface area contributed by atoms with Crippen molar-refractivity contribution in [2.24, 2.45) is 16.2 Å². The van der Waals surface area contributed by atoms with Crippen molar-refractivity contribution < 1.29 is 36.7 Å². The second kappa shape index (κ2) is 10.1. The first-order valence-corrected chi connectivity index (χ1v) is 12.2. The van der Waals surface area contributed by atoms with Crippen molar-refractivity contribution in [1.29, 1.82) is 0 Å². The molecule has 0 spiro atoms. The van der Waals surface area contributed by atoms with Crippen molar-refractivity contribution in [3.05, 3.63) is 23.8 Å². The van der Waals surface area contributed by atoms with Crippen LogP contribution in [0.5, 0.6) is 11.5 Å². The van der Waals surface area contributed by atoms with E-state index in [2.05, 4.69) is 9.13 Å². The van der Waals surface area contributed by atoms with Gasteiger partial charge in [-0.15, -0.1) is 13.2 Å². The van der Waals surface area contributed by atoms with E-state index < -0.39 is 22.5 Å². The van der Waals surface area contributed by atoms with E-state index in [1.54, 1.807) is 6.92 Å². The van der Waals surface area contributed by atoms with E-state index in [1.165, 1.54) is 18.2 Å². The lowest BCUT2D eigenvalue weighted by atomic mass is 9.77. The minimum absolute atomic E-state index is 0.0873. The number of benzene rings is 1. The summed E-state index contributed by atoms with van der Waals surface area (Å²) in [5.74, 6) is -0.410. The van der Waals surface area contributed by atoms with Gasteiger partial charge in [0.05, 0.1) is 12.5 Å². The number of fused-ring (bicyclic) bond motifs is 1. The van der Waals surface area contributed by atoms with Gasteiger partial charge >= 0.3 is 12.3 Å². The molecule has 0 bridgehead atoms. The monoisotopic (exact) mass is 489 g/mol. The van der Waals surface area contributed by atoms with Gasteiger partial charge in [0.25, 0.3) is 0 Å². The Bertz CT molecular complexity index is 876. The summed E-state index contributed by atoms with van der Waals surface area (Å²) >= 11 is -1.54. The Morgan fingerprint density at radius 2 is 1.88 bits per heavy atom. The standard InChI is InChI=1S/C23H30F3NO5S/c1-5-30-21(28)15-8-6-14(7-9-15)19-13-18(27-33(29)22(2,3)4)17-11-10-16(12-20(17)31-19)32-23(24,25)26/h10-12,14-15,19H,5-9,13H2,1-4H3/b27-18+/t14-,15-,19-,33-/m0/s1. The van der Waals surface area contributed by atoms with Crippen molar-refractivity contribution in [3.63, 3.8) is 0 Å². The van der Waals surface area contributed by atoms with Gasteiger partial charge in [0, 0.05) is 18.1 Å². The summed E-state index contributed by atoms with van der Waals surface area (Å²) in [6.45, 7) is 7.54. The van der Waals surface area contributed by atoms with Crippen molar-refractivity contribution in [2.75, 3.05) is 6.61 Å². The van der Waals surface area contributed by atoms with Crippen LogP contribution in [0.25, 0.3) is 0 Å². The van der Waals surface area contributed by atoms with Crippen molar-refractivity contribution in [1.82, 2.24) is 0 Å². The van der Waals surface area contributed by atoms with Gasteiger partial charge in [0.2, 0.25) is 0 Å². The van der Waals surface area contributed by atoms with Crippen molar-refractivity contribution >= 4 is 23.0 Å². The van der Waals surface area contributed by atoms with Crippen LogP contribution in [0.4, 0.5) is 13.2 Å². The molecule has 1 heterocycles. The zero-order valence-electron chi connectivity index (χ0n) is 19.2. The third-order valence-electron chi connectivity index (χ3n) is 5.80. The van der Waals surface area contributed by atoms with Gasteiger partial charge in [0.1, 0.15) is 39.4 Å². The smallest absolute Gasteiger partial charge is 0.573 e. The lowest BCUT2D eigenvalue weighted by Gasteiger charge is -2.36. The highest BCUT2D eigenvalue weighted by molar-refractivity contribution is 7.91. The zero-order chi connectivity index (χ0) is 24.4. The molecule has 10 heteroatoms. The summed E-state index contributed by atoms with van der Waals surface area (Å²) in [5, 5.41) is 0. The van der Waals surface area contributed by atoms with E-state index in [9.17, 15) is 22.5 Å². The summed E-state index contributed by atoms with van der Waals surface area (Å²) in [5.41, 5.74) is 1.05. The molecular weight excluding hydrogens is 459 g/mol. The molecule has 0 aromatic heterocycles. The molecule has 1 aliphatic carbocycles. The predicted octanol–water partition coefficient (Wildman–Crippen LogP) is 5.36. The van der Waals surface area contributed by atoms with Crippen LogP contribution < -0.4 is 9.47 Å². The number of carbonyl (C=O) groups excluding carboxylic acids is 1. The minimum Gasteiger partial charge on any atom is -0.591 e. The Hall–Kier alpha value is -1.94. The summed E-state index contributed by atoms with van der Waals surface area (Å²) < 4.78 is 70.0. The maximum absolute atomic E-state index is 12.7. The van der Waals surface area contributed by atoms with Gasteiger partial charge in [-0.1, -0.05) is 4.40 Å². The van der Waals surface area contributed by atoms with Gasteiger partial charge in [-0.05, 0) is 71.4 Å². The fraction of sp³-hybridized carbons (Fsp3) is 0.652. The Kier molecular flexibility index (Phi) is 7.88. The van der Waals surface area contributed by atoms with Crippen molar-refractivity contribution in [3.8, 4) is 11.5 Å². The number of esters is 1. The van der Waals surface area contributed by atoms with Gasteiger partial charge in [-0.3, -0.25) is 4.79 Å². The SMILES string of the molecule is CCOC(=O)[C@H]1CC[C@H]([C@@H]2C/C(=N\[S@@+]([O-])C(C)(C)C)c3ccc(OC(F)(F)F)cc3O2)CC1. The molecule has 1 saturated carbocycles. The maximum Gasteiger partial charge on any atom is 0.573 e. The highest BCUT2D eigenvalue weighted by Crippen LogP contribution is 2.40. The molecule has 3 rings (SSSR count). The summed E-state index contributed by atoms with van der Waals surface area (Å²) in [6, 6.07) is 3.87. The lowest BCUT2D eigenvalue weighted by molar-refractivity contribution is -0.274. The number of hydrogen-bond acceptors (Lipinski definition) is 6. The molecule has 2 atom stereocenters. The van der Waals surface area contributed by atoms with E-state index in [0.717, 1.165) is 12.8 Å². The molecule has 1 fully saturated rings. The summed E-state index contributed by atoms with van der Waals surface area (Å²) in [4.78, 5) is 12.1. The third-order valence-corrected chi connectivity index (χ3v) is 7.24. The highest BCUT2D eigenvalue weighted by Gasteiger charge is 2.38. The number of nitrogens with zero attached hydrogens (tertiary/aromatic N) is 1. The zero-order valence-corrected chi connectivity index (χ0v) is 20.1. The topological polar surface area (TPSA) is 80.2 Å². The number of halogens is 3. The van der Waals surface area contributed by atoms with Crippen LogP contribution in [-0.2, 0) is 20.9 Å². The Morgan fingerprint density at radius 1 is 1.21 bits per heavy atom. The Morgan fingerprint density at radius 3 is 2.45 bits per heavy atom. The second-order valence-electron chi connectivity index (χ2n) is 9.33. The first kappa shape index (κ1) is 25.7. The van der Waals surface area contributed by atoms with Gasteiger partial charge in [-0.25, -0.2) is 0 Å². The minimum atomic E-state index is -4.82. The molecule has 0 radical (unpaired) electrons. The normalized spacial score (nSPS) is 25.7. The molecule has 33 heavy (non-hydrogen) atoms. The average molecular weight is 490 g/mol. The lowest BCUT2D eigenvalue weighted by Crippen LogP contribution is -2.38. The van der Waals surface area contributed by atoms with Crippen LogP contribution in [0.15, 0.2) is 22.6 Å². The van der Waals surface area contributed by atoms with Crippen LogP contribution in [0.2, 0.25) is 0 Å². The molecule has 0 unspecified atom stereocenters. The third kappa shape index (κ3) is 6.79. The maximum atomic E-state index is 12.7. The molecule has 1 aliphatic heterocycles. The number of alkyl halides is 3. The van der Waals surface area contributed by atoms with Gasteiger partial charge in [0.15, 0.2) is 0 Å². The molecule has 0 amide bonds. The van der Waals surface area contributed by atoms with Gasteiger partial charge < -0.3 is 18.8 Å². The Balaban J connectivity index is 1.84. The quantitative estimate of drug-likeness (QED) is 0.411.